The molecule has 0 aromatic carbocycles. The first kappa shape index (κ1) is 15.8. The van der Waals surface area contributed by atoms with Crippen molar-refractivity contribution in [2.24, 2.45) is 5.92 Å². The van der Waals surface area contributed by atoms with E-state index in [0.717, 1.165) is 0 Å². The van der Waals surface area contributed by atoms with E-state index in [1.54, 1.807) is 7.05 Å². The largest absolute Gasteiger partial charge is 0.383 e. The first-order valence-corrected chi connectivity index (χ1v) is 7.40. The topological polar surface area (TPSA) is 93.2 Å². The van der Waals surface area contributed by atoms with Gasteiger partial charge in [-0.15, -0.1) is 0 Å². The van der Waals surface area contributed by atoms with Crippen LogP contribution in [0.2, 0.25) is 0 Å². The van der Waals surface area contributed by atoms with Gasteiger partial charge < -0.3 is 10.1 Å². The van der Waals surface area contributed by atoms with Crippen molar-refractivity contribution >= 4 is 16.0 Å². The summed E-state index contributed by atoms with van der Waals surface area (Å²) < 4.78 is 31.9. The molecule has 0 saturated heterocycles. The fourth-order valence-corrected chi connectivity index (χ4v) is 2.65. The van der Waals surface area contributed by atoms with Crippen LogP contribution in [0.15, 0.2) is 17.3 Å². The SMILES string of the molecule is CNc1ncc(S(=O)(=O)NC(COC)C(C)C)cn1. The third-order valence-corrected chi connectivity index (χ3v) is 4.06. The molecule has 8 heteroatoms. The summed E-state index contributed by atoms with van der Waals surface area (Å²) in [5.41, 5.74) is 0. The predicted octanol–water partition coefficient (Wildman–Crippen LogP) is 0.468. The molecule has 0 fully saturated rings. The van der Waals surface area contributed by atoms with Crippen LogP contribution in [0, 0.1) is 5.92 Å². The number of anilines is 1. The Morgan fingerprint density at radius 3 is 2.32 bits per heavy atom. The maximum Gasteiger partial charge on any atom is 0.243 e. The van der Waals surface area contributed by atoms with Crippen molar-refractivity contribution < 1.29 is 13.2 Å². The minimum Gasteiger partial charge on any atom is -0.383 e. The zero-order chi connectivity index (χ0) is 14.5. The Bertz CT molecular complexity index is 487. The fraction of sp³-hybridized carbons (Fsp3) is 0.636. The first-order chi connectivity index (χ1) is 8.90. The van der Waals surface area contributed by atoms with Crippen molar-refractivity contribution in [3.05, 3.63) is 12.4 Å². The number of hydrogen-bond acceptors (Lipinski definition) is 6. The quantitative estimate of drug-likeness (QED) is 0.757. The summed E-state index contributed by atoms with van der Waals surface area (Å²) in [5, 5.41) is 2.73. The van der Waals surface area contributed by atoms with Gasteiger partial charge in [0.1, 0.15) is 4.90 Å². The molecule has 0 amide bonds. The van der Waals surface area contributed by atoms with E-state index in [-0.39, 0.29) is 16.9 Å². The molecular weight excluding hydrogens is 268 g/mol. The predicted molar refractivity (Wildman–Crippen MR) is 72.4 cm³/mol. The Morgan fingerprint density at radius 1 is 1.32 bits per heavy atom. The minimum atomic E-state index is -3.63. The number of nitrogens with one attached hydrogen (secondary N) is 2. The van der Waals surface area contributed by atoms with E-state index in [4.69, 9.17) is 4.74 Å². The van der Waals surface area contributed by atoms with Crippen LogP contribution >= 0.6 is 0 Å². The molecule has 0 aliphatic heterocycles. The van der Waals surface area contributed by atoms with E-state index in [2.05, 4.69) is 20.0 Å². The van der Waals surface area contributed by atoms with Crippen molar-refractivity contribution in [3.63, 3.8) is 0 Å². The monoisotopic (exact) mass is 288 g/mol. The fourth-order valence-electron chi connectivity index (χ4n) is 1.39. The van der Waals surface area contributed by atoms with E-state index in [9.17, 15) is 8.42 Å². The Balaban J connectivity index is 2.89. The van der Waals surface area contributed by atoms with Crippen molar-refractivity contribution in [2.75, 3.05) is 26.1 Å². The molecule has 0 aliphatic rings. The maximum atomic E-state index is 12.2. The van der Waals surface area contributed by atoms with E-state index >= 15 is 0 Å². The first-order valence-electron chi connectivity index (χ1n) is 5.91. The number of rotatable bonds is 7. The second-order valence-electron chi connectivity index (χ2n) is 4.42. The van der Waals surface area contributed by atoms with Crippen molar-refractivity contribution in [3.8, 4) is 0 Å². The second kappa shape index (κ2) is 6.78. The summed E-state index contributed by atoms with van der Waals surface area (Å²) in [7, 11) is -0.436. The highest BCUT2D eigenvalue weighted by atomic mass is 32.2. The molecule has 0 bridgehead atoms. The molecule has 0 spiro atoms. The smallest absolute Gasteiger partial charge is 0.243 e. The molecule has 1 unspecified atom stereocenters. The summed E-state index contributed by atoms with van der Waals surface area (Å²) in [6, 6.07) is -0.293. The zero-order valence-corrected chi connectivity index (χ0v) is 12.4. The third kappa shape index (κ3) is 4.41. The van der Waals surface area contributed by atoms with Gasteiger partial charge in [0.05, 0.1) is 19.0 Å². The van der Waals surface area contributed by atoms with Gasteiger partial charge in [0.25, 0.3) is 0 Å². The Labute approximate surface area is 113 Å². The van der Waals surface area contributed by atoms with Crippen LogP contribution in [0.1, 0.15) is 13.8 Å². The third-order valence-electron chi connectivity index (χ3n) is 2.62. The van der Waals surface area contributed by atoms with Gasteiger partial charge in [0.2, 0.25) is 16.0 Å². The molecule has 19 heavy (non-hydrogen) atoms. The summed E-state index contributed by atoms with van der Waals surface area (Å²) in [6.07, 6.45) is 2.54. The van der Waals surface area contributed by atoms with Crippen molar-refractivity contribution in [1.29, 1.82) is 0 Å². The van der Waals surface area contributed by atoms with Crippen LogP contribution in [-0.4, -0.2) is 45.2 Å². The maximum absolute atomic E-state index is 12.2. The van der Waals surface area contributed by atoms with Crippen LogP contribution in [0.4, 0.5) is 5.95 Å². The highest BCUT2D eigenvalue weighted by Crippen LogP contribution is 2.11. The van der Waals surface area contributed by atoms with Gasteiger partial charge in [-0.2, -0.15) is 0 Å². The lowest BCUT2D eigenvalue weighted by molar-refractivity contribution is 0.157. The van der Waals surface area contributed by atoms with Crippen LogP contribution < -0.4 is 10.0 Å². The normalized spacial score (nSPS) is 13.5. The molecule has 1 heterocycles. The second-order valence-corrected chi connectivity index (χ2v) is 6.13. The molecule has 0 radical (unpaired) electrons. The molecule has 1 aromatic heterocycles. The zero-order valence-electron chi connectivity index (χ0n) is 11.5. The minimum absolute atomic E-state index is 0.0354. The highest BCUT2D eigenvalue weighted by molar-refractivity contribution is 7.89. The van der Waals surface area contributed by atoms with Gasteiger partial charge in [0.15, 0.2) is 0 Å². The molecular formula is C11H20N4O3S. The van der Waals surface area contributed by atoms with Gasteiger partial charge in [-0.3, -0.25) is 0 Å². The van der Waals surface area contributed by atoms with Gasteiger partial charge in [-0.25, -0.2) is 23.1 Å². The van der Waals surface area contributed by atoms with Gasteiger partial charge in [0, 0.05) is 20.2 Å². The van der Waals surface area contributed by atoms with E-state index in [0.29, 0.717) is 12.6 Å². The molecule has 7 nitrogen and oxygen atoms in total. The summed E-state index contributed by atoms with van der Waals surface area (Å²) >= 11 is 0. The molecule has 0 aliphatic carbocycles. The van der Waals surface area contributed by atoms with E-state index in [1.807, 2.05) is 13.8 Å². The number of methoxy groups -OCH3 is 1. The van der Waals surface area contributed by atoms with Crippen LogP contribution in [0.3, 0.4) is 0 Å². The Hall–Kier alpha value is -1.25. The standard InChI is InChI=1S/C11H20N4O3S/c1-8(2)10(7-18-4)15-19(16,17)9-5-13-11(12-3)14-6-9/h5-6,8,10,15H,7H2,1-4H3,(H,12,13,14). The van der Waals surface area contributed by atoms with Crippen molar-refractivity contribution in [1.82, 2.24) is 14.7 Å². The summed E-state index contributed by atoms with van der Waals surface area (Å²) in [5.74, 6) is 0.489. The lowest BCUT2D eigenvalue weighted by Crippen LogP contribution is -2.41. The van der Waals surface area contributed by atoms with Crippen molar-refractivity contribution in [2.45, 2.75) is 24.8 Å². The van der Waals surface area contributed by atoms with Crippen LogP contribution in [-0.2, 0) is 14.8 Å². The van der Waals surface area contributed by atoms with Crippen LogP contribution in [0.5, 0.6) is 0 Å². The molecule has 108 valence electrons. The highest BCUT2D eigenvalue weighted by Gasteiger charge is 2.23. The Kier molecular flexibility index (Phi) is 5.64. The van der Waals surface area contributed by atoms with Gasteiger partial charge >= 0.3 is 0 Å². The van der Waals surface area contributed by atoms with Gasteiger partial charge in [-0.1, -0.05) is 13.8 Å². The van der Waals surface area contributed by atoms with E-state index < -0.39 is 10.0 Å². The molecule has 1 atom stereocenters. The molecule has 1 rings (SSSR count). The lowest BCUT2D eigenvalue weighted by atomic mass is 10.1. The summed E-state index contributed by atoms with van der Waals surface area (Å²) in [4.78, 5) is 7.81. The van der Waals surface area contributed by atoms with E-state index in [1.165, 1.54) is 19.5 Å². The average molecular weight is 288 g/mol. The molecule has 2 N–H and O–H groups in total. The number of hydrogen-bond donors (Lipinski definition) is 2. The Morgan fingerprint density at radius 2 is 1.89 bits per heavy atom. The van der Waals surface area contributed by atoms with Gasteiger partial charge in [-0.05, 0) is 5.92 Å². The average Bonchev–Trinajstić information content (AvgIpc) is 2.38. The number of aromatic nitrogens is 2. The number of sulfonamides is 1. The number of ether oxygens (including phenoxy) is 1. The lowest BCUT2D eigenvalue weighted by Gasteiger charge is -2.21. The molecule has 0 saturated carbocycles. The summed E-state index contributed by atoms with van der Waals surface area (Å²) in [6.45, 7) is 4.16. The molecule has 1 aromatic rings. The van der Waals surface area contributed by atoms with Crippen LogP contribution in [0.25, 0.3) is 0 Å². The number of nitrogens with zero attached hydrogens (tertiary/aromatic N) is 2.